The zero-order valence-corrected chi connectivity index (χ0v) is 22.2. The number of urea groups is 1. The van der Waals surface area contributed by atoms with E-state index in [4.69, 9.17) is 9.47 Å². The van der Waals surface area contributed by atoms with Crippen LogP contribution in [0.4, 0.5) is 10.5 Å². The zero-order chi connectivity index (χ0) is 26.9. The van der Waals surface area contributed by atoms with Crippen LogP contribution in [0.1, 0.15) is 49.5 Å². The maximum absolute atomic E-state index is 13.5. The van der Waals surface area contributed by atoms with Gasteiger partial charge in [-0.25, -0.2) is 9.78 Å². The number of likely N-dealkylation sites (N-methyl/N-ethyl adjacent to an activating group) is 1. The molecule has 9 heteroatoms. The summed E-state index contributed by atoms with van der Waals surface area (Å²) in [6, 6.07) is 8.07. The maximum Gasteiger partial charge on any atom is 0.321 e. The largest absolute Gasteiger partial charge is 0.497 e. The standard InChI is InChI=1S/C28H36N4O5/c1-6-7-8-9-21-14-24-26(29-15-21)37-25(19(2)16-32(27(24)34)20(3)18-33)17-31(4)28(35)30-22-10-12-23(36-5)13-11-22/h10-15,19-20,25,33H,6-7,16-18H2,1-5H3,(H,30,35)/t19-,20+,25-/m0/s1. The molecule has 0 fully saturated rings. The van der Waals surface area contributed by atoms with E-state index in [1.54, 1.807) is 67.4 Å². The molecule has 2 N–H and O–H groups in total. The van der Waals surface area contributed by atoms with Gasteiger partial charge in [0.15, 0.2) is 0 Å². The summed E-state index contributed by atoms with van der Waals surface area (Å²) < 4.78 is 11.4. The fourth-order valence-corrected chi connectivity index (χ4v) is 3.92. The molecule has 0 radical (unpaired) electrons. The molecular formula is C28H36N4O5. The number of amides is 3. The molecule has 0 aliphatic carbocycles. The van der Waals surface area contributed by atoms with E-state index in [0.717, 1.165) is 12.8 Å². The quantitative estimate of drug-likeness (QED) is 0.554. The van der Waals surface area contributed by atoms with Crippen LogP contribution in [0.3, 0.4) is 0 Å². The molecule has 0 saturated heterocycles. The van der Waals surface area contributed by atoms with E-state index in [9.17, 15) is 14.7 Å². The third-order valence-electron chi connectivity index (χ3n) is 6.27. The average molecular weight is 509 g/mol. The number of methoxy groups -OCH3 is 1. The SMILES string of the molecule is CCCC#Cc1cnc2c(c1)C(=O)N([C@H](C)CO)C[C@H](C)[C@H](CN(C)C(=O)Nc1ccc(OC)cc1)O2. The molecule has 1 aromatic carbocycles. The minimum Gasteiger partial charge on any atom is -0.497 e. The minimum absolute atomic E-state index is 0.145. The highest BCUT2D eigenvalue weighted by molar-refractivity contribution is 5.97. The maximum atomic E-state index is 13.5. The number of unbranched alkanes of at least 4 members (excludes halogenated alkanes) is 1. The Kier molecular flexibility index (Phi) is 9.75. The molecule has 3 rings (SSSR count). The van der Waals surface area contributed by atoms with Gasteiger partial charge in [0.05, 0.1) is 26.3 Å². The number of aliphatic hydroxyl groups is 1. The lowest BCUT2D eigenvalue weighted by atomic mass is 10.00. The van der Waals surface area contributed by atoms with Crippen molar-refractivity contribution in [2.24, 2.45) is 5.92 Å². The molecule has 1 aromatic heterocycles. The number of nitrogens with zero attached hydrogens (tertiary/aromatic N) is 3. The number of anilines is 1. The van der Waals surface area contributed by atoms with Crippen molar-refractivity contribution in [3.63, 3.8) is 0 Å². The van der Waals surface area contributed by atoms with Gasteiger partial charge in [0.25, 0.3) is 5.91 Å². The van der Waals surface area contributed by atoms with Crippen molar-refractivity contribution in [2.75, 3.05) is 39.2 Å². The molecule has 0 saturated carbocycles. The Bertz CT molecular complexity index is 1140. The normalized spacial score (nSPS) is 17.8. The first kappa shape index (κ1) is 27.8. The number of aromatic nitrogens is 1. The Morgan fingerprint density at radius 3 is 2.76 bits per heavy atom. The van der Waals surface area contributed by atoms with Crippen LogP contribution in [0.15, 0.2) is 36.5 Å². The van der Waals surface area contributed by atoms with Crippen molar-refractivity contribution < 1.29 is 24.2 Å². The van der Waals surface area contributed by atoms with Crippen LogP contribution < -0.4 is 14.8 Å². The highest BCUT2D eigenvalue weighted by Gasteiger charge is 2.34. The van der Waals surface area contributed by atoms with Gasteiger partial charge >= 0.3 is 6.03 Å². The third-order valence-corrected chi connectivity index (χ3v) is 6.27. The molecular weight excluding hydrogens is 472 g/mol. The first-order valence-electron chi connectivity index (χ1n) is 12.5. The highest BCUT2D eigenvalue weighted by Crippen LogP contribution is 2.27. The highest BCUT2D eigenvalue weighted by atomic mass is 16.5. The van der Waals surface area contributed by atoms with Gasteiger partial charge in [-0.3, -0.25) is 4.79 Å². The summed E-state index contributed by atoms with van der Waals surface area (Å²) in [5, 5.41) is 12.7. The van der Waals surface area contributed by atoms with Gasteiger partial charge in [0.1, 0.15) is 17.4 Å². The van der Waals surface area contributed by atoms with Gasteiger partial charge in [-0.15, -0.1) is 0 Å². The van der Waals surface area contributed by atoms with Crippen molar-refractivity contribution in [3.05, 3.63) is 47.7 Å². The first-order valence-corrected chi connectivity index (χ1v) is 12.5. The Hall–Kier alpha value is -3.77. The number of nitrogens with one attached hydrogen (secondary N) is 1. The number of aliphatic hydroxyl groups excluding tert-OH is 1. The molecule has 1 aliphatic rings. The molecule has 9 nitrogen and oxygen atoms in total. The van der Waals surface area contributed by atoms with Gasteiger partial charge in [-0.2, -0.15) is 0 Å². The number of ether oxygens (including phenoxy) is 2. The second kappa shape index (κ2) is 13.0. The van der Waals surface area contributed by atoms with Crippen LogP contribution in [-0.4, -0.2) is 77.8 Å². The van der Waals surface area contributed by atoms with Gasteiger partial charge in [0.2, 0.25) is 5.88 Å². The van der Waals surface area contributed by atoms with Crippen LogP contribution >= 0.6 is 0 Å². The lowest BCUT2D eigenvalue weighted by Crippen LogP contribution is -2.50. The smallest absolute Gasteiger partial charge is 0.321 e. The second-order valence-corrected chi connectivity index (χ2v) is 9.29. The molecule has 0 spiro atoms. The molecule has 2 aromatic rings. The monoisotopic (exact) mass is 508 g/mol. The molecule has 37 heavy (non-hydrogen) atoms. The molecule has 3 atom stereocenters. The van der Waals surface area contributed by atoms with Crippen molar-refractivity contribution in [3.8, 4) is 23.5 Å². The van der Waals surface area contributed by atoms with Crippen molar-refractivity contribution in [1.29, 1.82) is 0 Å². The Labute approximate surface area is 218 Å². The van der Waals surface area contributed by atoms with Gasteiger partial charge in [-0.1, -0.05) is 25.7 Å². The second-order valence-electron chi connectivity index (χ2n) is 9.29. The number of carbonyl (C=O) groups excluding carboxylic acids is 2. The summed E-state index contributed by atoms with van der Waals surface area (Å²) in [4.78, 5) is 34.0. The predicted octanol–water partition coefficient (Wildman–Crippen LogP) is 3.63. The molecule has 198 valence electrons. The number of pyridine rings is 1. The fraction of sp³-hybridized carbons (Fsp3) is 0.464. The minimum atomic E-state index is -0.448. The molecule has 0 unspecified atom stereocenters. The van der Waals surface area contributed by atoms with E-state index in [1.807, 2.05) is 6.92 Å². The Morgan fingerprint density at radius 1 is 1.38 bits per heavy atom. The molecule has 1 aliphatic heterocycles. The number of hydrogen-bond acceptors (Lipinski definition) is 6. The number of hydrogen-bond donors (Lipinski definition) is 2. The van der Waals surface area contributed by atoms with E-state index in [0.29, 0.717) is 29.1 Å². The number of fused-ring (bicyclic) bond motifs is 1. The van der Waals surface area contributed by atoms with Crippen molar-refractivity contribution >= 4 is 17.6 Å². The van der Waals surface area contributed by atoms with Crippen LogP contribution in [0.25, 0.3) is 0 Å². The predicted molar refractivity (Wildman–Crippen MR) is 142 cm³/mol. The topological polar surface area (TPSA) is 104 Å². The summed E-state index contributed by atoms with van der Waals surface area (Å²) in [6.45, 7) is 6.25. The van der Waals surface area contributed by atoms with E-state index in [-0.39, 0.29) is 36.9 Å². The average Bonchev–Trinajstić information content (AvgIpc) is 2.90. The van der Waals surface area contributed by atoms with Crippen LogP contribution in [0.2, 0.25) is 0 Å². The first-order chi connectivity index (χ1) is 17.8. The third kappa shape index (κ3) is 7.14. The van der Waals surface area contributed by atoms with Crippen LogP contribution in [0.5, 0.6) is 11.6 Å². The van der Waals surface area contributed by atoms with E-state index in [2.05, 4.69) is 29.1 Å². The summed E-state index contributed by atoms with van der Waals surface area (Å²) in [5.74, 6) is 6.61. The van der Waals surface area contributed by atoms with Gasteiger partial charge < -0.3 is 29.7 Å². The Morgan fingerprint density at radius 2 is 2.11 bits per heavy atom. The number of carbonyl (C=O) groups is 2. The summed E-state index contributed by atoms with van der Waals surface area (Å²) in [7, 11) is 3.27. The van der Waals surface area contributed by atoms with Gasteiger partial charge in [-0.05, 0) is 43.7 Å². The Balaban J connectivity index is 1.84. The van der Waals surface area contributed by atoms with Crippen LogP contribution in [-0.2, 0) is 0 Å². The van der Waals surface area contributed by atoms with E-state index >= 15 is 0 Å². The zero-order valence-electron chi connectivity index (χ0n) is 22.2. The summed E-state index contributed by atoms with van der Waals surface area (Å²) in [6.07, 6.45) is 2.84. The van der Waals surface area contributed by atoms with Gasteiger partial charge in [0, 0.05) is 43.4 Å². The molecule has 0 bridgehead atoms. The number of benzene rings is 1. The van der Waals surface area contributed by atoms with E-state index in [1.165, 1.54) is 0 Å². The summed E-state index contributed by atoms with van der Waals surface area (Å²) in [5.41, 5.74) is 1.56. The van der Waals surface area contributed by atoms with Crippen LogP contribution in [0, 0.1) is 17.8 Å². The summed E-state index contributed by atoms with van der Waals surface area (Å²) >= 11 is 0. The fourth-order valence-electron chi connectivity index (χ4n) is 3.92. The number of rotatable bonds is 7. The lowest BCUT2D eigenvalue weighted by molar-refractivity contribution is 0.0356. The molecule has 3 amide bonds. The lowest BCUT2D eigenvalue weighted by Gasteiger charge is -2.37. The van der Waals surface area contributed by atoms with E-state index < -0.39 is 12.1 Å². The molecule has 2 heterocycles. The van der Waals surface area contributed by atoms with Crippen molar-refractivity contribution in [1.82, 2.24) is 14.8 Å². The van der Waals surface area contributed by atoms with Crippen molar-refractivity contribution in [2.45, 2.75) is 45.8 Å².